The van der Waals surface area contributed by atoms with Gasteiger partial charge in [0.2, 0.25) is 6.79 Å². The zero-order valence-electron chi connectivity index (χ0n) is 13.3. The van der Waals surface area contributed by atoms with Gasteiger partial charge < -0.3 is 19.5 Å². The second-order valence-electron chi connectivity index (χ2n) is 5.43. The molecule has 0 saturated heterocycles. The van der Waals surface area contributed by atoms with Gasteiger partial charge in [0.25, 0.3) is 5.91 Å². The Morgan fingerprint density at radius 3 is 2.52 bits per heavy atom. The molecule has 0 saturated carbocycles. The fourth-order valence-electron chi connectivity index (χ4n) is 2.53. The van der Waals surface area contributed by atoms with Gasteiger partial charge in [-0.05, 0) is 36.4 Å². The predicted octanol–water partition coefficient (Wildman–Crippen LogP) is 4.46. The molecule has 5 heteroatoms. The molecule has 3 aromatic rings. The van der Waals surface area contributed by atoms with Crippen LogP contribution >= 0.6 is 0 Å². The number of benzene rings is 3. The first kappa shape index (κ1) is 15.1. The first-order valence-electron chi connectivity index (χ1n) is 7.82. The van der Waals surface area contributed by atoms with Crippen LogP contribution in [-0.4, -0.2) is 12.7 Å². The van der Waals surface area contributed by atoms with E-state index in [0.717, 1.165) is 0 Å². The number of hydrogen-bond acceptors (Lipinski definition) is 4. The van der Waals surface area contributed by atoms with Crippen molar-refractivity contribution in [3.63, 3.8) is 0 Å². The highest BCUT2D eigenvalue weighted by atomic mass is 16.7. The fourth-order valence-corrected chi connectivity index (χ4v) is 2.53. The van der Waals surface area contributed by atoms with Gasteiger partial charge in [-0.25, -0.2) is 0 Å². The van der Waals surface area contributed by atoms with Crippen molar-refractivity contribution in [3.05, 3.63) is 78.4 Å². The maximum atomic E-state index is 12.7. The number of carbonyl (C=O) groups is 1. The molecule has 0 atom stereocenters. The average Bonchev–Trinajstić information content (AvgIpc) is 3.11. The third-order valence-electron chi connectivity index (χ3n) is 3.73. The minimum Gasteiger partial charge on any atom is -0.457 e. The van der Waals surface area contributed by atoms with Crippen LogP contribution in [-0.2, 0) is 0 Å². The molecule has 5 nitrogen and oxygen atoms in total. The number of para-hydroxylation sites is 2. The van der Waals surface area contributed by atoms with Crippen molar-refractivity contribution >= 4 is 11.6 Å². The Kier molecular flexibility index (Phi) is 3.96. The molecule has 1 amide bonds. The highest BCUT2D eigenvalue weighted by Gasteiger charge is 2.16. The van der Waals surface area contributed by atoms with E-state index >= 15 is 0 Å². The van der Waals surface area contributed by atoms with Crippen LogP contribution in [0.15, 0.2) is 72.8 Å². The molecule has 0 fully saturated rings. The summed E-state index contributed by atoms with van der Waals surface area (Å²) in [5, 5.41) is 2.86. The summed E-state index contributed by atoms with van der Waals surface area (Å²) in [6, 6.07) is 21.7. The van der Waals surface area contributed by atoms with Crippen molar-refractivity contribution in [1.29, 1.82) is 0 Å². The SMILES string of the molecule is O=C(Nc1ccc2c(c1)OCO2)c1ccccc1Oc1ccccc1. The molecule has 1 aliphatic rings. The zero-order valence-corrected chi connectivity index (χ0v) is 13.3. The van der Waals surface area contributed by atoms with Crippen molar-refractivity contribution in [2.75, 3.05) is 12.1 Å². The monoisotopic (exact) mass is 333 g/mol. The molecule has 25 heavy (non-hydrogen) atoms. The molecule has 4 rings (SSSR count). The number of nitrogens with one attached hydrogen (secondary N) is 1. The third kappa shape index (κ3) is 3.26. The first-order valence-corrected chi connectivity index (χ1v) is 7.82. The molecule has 124 valence electrons. The fraction of sp³-hybridized carbons (Fsp3) is 0.0500. The highest BCUT2D eigenvalue weighted by molar-refractivity contribution is 6.06. The van der Waals surface area contributed by atoms with E-state index in [-0.39, 0.29) is 12.7 Å². The molecule has 3 aromatic carbocycles. The number of ether oxygens (including phenoxy) is 3. The summed E-state index contributed by atoms with van der Waals surface area (Å²) < 4.78 is 16.4. The van der Waals surface area contributed by atoms with Gasteiger partial charge in [-0.3, -0.25) is 4.79 Å². The van der Waals surface area contributed by atoms with Crippen molar-refractivity contribution in [2.24, 2.45) is 0 Å². The smallest absolute Gasteiger partial charge is 0.259 e. The van der Waals surface area contributed by atoms with Crippen LogP contribution in [0.3, 0.4) is 0 Å². The summed E-state index contributed by atoms with van der Waals surface area (Å²) in [5.41, 5.74) is 1.08. The van der Waals surface area contributed by atoms with Crippen LogP contribution in [0, 0.1) is 0 Å². The standard InChI is InChI=1S/C20H15NO4/c22-20(21-14-10-11-18-19(12-14)24-13-23-18)16-8-4-5-9-17(16)25-15-6-2-1-3-7-15/h1-12H,13H2,(H,21,22). The Balaban J connectivity index is 1.56. The van der Waals surface area contributed by atoms with Gasteiger partial charge in [0.15, 0.2) is 11.5 Å². The molecule has 0 radical (unpaired) electrons. The third-order valence-corrected chi connectivity index (χ3v) is 3.73. The van der Waals surface area contributed by atoms with E-state index in [1.807, 2.05) is 36.4 Å². The summed E-state index contributed by atoms with van der Waals surface area (Å²) in [4.78, 5) is 12.7. The zero-order chi connectivity index (χ0) is 17.1. The molecule has 1 N–H and O–H groups in total. The van der Waals surface area contributed by atoms with Crippen LogP contribution in [0.2, 0.25) is 0 Å². The Morgan fingerprint density at radius 1 is 0.880 bits per heavy atom. The Labute approximate surface area is 144 Å². The first-order chi connectivity index (χ1) is 12.3. The van der Waals surface area contributed by atoms with Crippen LogP contribution in [0.4, 0.5) is 5.69 Å². The molecular formula is C20H15NO4. The molecule has 1 heterocycles. The quantitative estimate of drug-likeness (QED) is 0.766. The van der Waals surface area contributed by atoms with E-state index in [9.17, 15) is 4.79 Å². The second-order valence-corrected chi connectivity index (χ2v) is 5.43. The van der Waals surface area contributed by atoms with E-state index in [2.05, 4.69) is 5.32 Å². The van der Waals surface area contributed by atoms with Crippen molar-refractivity contribution in [3.8, 4) is 23.0 Å². The van der Waals surface area contributed by atoms with Crippen molar-refractivity contribution in [1.82, 2.24) is 0 Å². The van der Waals surface area contributed by atoms with Crippen LogP contribution in [0.1, 0.15) is 10.4 Å². The van der Waals surface area contributed by atoms with E-state index in [0.29, 0.717) is 34.2 Å². The van der Waals surface area contributed by atoms with Gasteiger partial charge in [0.1, 0.15) is 11.5 Å². The van der Waals surface area contributed by atoms with E-state index in [4.69, 9.17) is 14.2 Å². The number of carbonyl (C=O) groups excluding carboxylic acids is 1. The normalized spacial score (nSPS) is 11.8. The second kappa shape index (κ2) is 6.57. The van der Waals surface area contributed by atoms with Crippen LogP contribution in [0.5, 0.6) is 23.0 Å². The molecule has 0 aliphatic carbocycles. The number of fused-ring (bicyclic) bond motifs is 1. The lowest BCUT2D eigenvalue weighted by Crippen LogP contribution is -2.12. The van der Waals surface area contributed by atoms with E-state index < -0.39 is 0 Å². The molecule has 0 bridgehead atoms. The van der Waals surface area contributed by atoms with Gasteiger partial charge in [-0.1, -0.05) is 30.3 Å². The summed E-state index contributed by atoms with van der Waals surface area (Å²) in [6.45, 7) is 0.195. The predicted molar refractivity (Wildman–Crippen MR) is 93.5 cm³/mol. The number of amides is 1. The van der Waals surface area contributed by atoms with Crippen molar-refractivity contribution in [2.45, 2.75) is 0 Å². The minimum atomic E-state index is -0.259. The Morgan fingerprint density at radius 2 is 1.64 bits per heavy atom. The lowest BCUT2D eigenvalue weighted by Gasteiger charge is -2.11. The summed E-state index contributed by atoms with van der Waals surface area (Å²) in [5.74, 6) is 2.20. The van der Waals surface area contributed by atoms with E-state index in [1.54, 1.807) is 36.4 Å². The molecule has 0 unspecified atom stereocenters. The Bertz CT molecular complexity index is 909. The minimum absolute atomic E-state index is 0.195. The number of anilines is 1. The highest BCUT2D eigenvalue weighted by Crippen LogP contribution is 2.34. The Hall–Kier alpha value is -3.47. The molecule has 1 aliphatic heterocycles. The van der Waals surface area contributed by atoms with Crippen molar-refractivity contribution < 1.29 is 19.0 Å². The molecule has 0 aromatic heterocycles. The van der Waals surface area contributed by atoms with Crippen LogP contribution in [0.25, 0.3) is 0 Å². The number of rotatable bonds is 4. The molecule has 0 spiro atoms. The lowest BCUT2D eigenvalue weighted by molar-refractivity contribution is 0.102. The van der Waals surface area contributed by atoms with Crippen LogP contribution < -0.4 is 19.5 Å². The summed E-state index contributed by atoms with van der Waals surface area (Å²) in [6.07, 6.45) is 0. The van der Waals surface area contributed by atoms with Gasteiger partial charge >= 0.3 is 0 Å². The van der Waals surface area contributed by atoms with Gasteiger partial charge in [0, 0.05) is 11.8 Å². The number of hydrogen-bond donors (Lipinski definition) is 1. The topological polar surface area (TPSA) is 56.8 Å². The lowest BCUT2D eigenvalue weighted by atomic mass is 10.1. The van der Waals surface area contributed by atoms with Gasteiger partial charge in [-0.2, -0.15) is 0 Å². The average molecular weight is 333 g/mol. The summed E-state index contributed by atoms with van der Waals surface area (Å²) >= 11 is 0. The van der Waals surface area contributed by atoms with Gasteiger partial charge in [0.05, 0.1) is 5.56 Å². The van der Waals surface area contributed by atoms with E-state index in [1.165, 1.54) is 0 Å². The molecular weight excluding hydrogens is 318 g/mol. The largest absolute Gasteiger partial charge is 0.457 e. The van der Waals surface area contributed by atoms with Gasteiger partial charge in [-0.15, -0.1) is 0 Å². The maximum absolute atomic E-state index is 12.7. The summed E-state index contributed by atoms with van der Waals surface area (Å²) in [7, 11) is 0. The maximum Gasteiger partial charge on any atom is 0.259 e.